The third kappa shape index (κ3) is 5.83. The molecule has 1 aliphatic rings. The highest BCUT2D eigenvalue weighted by Gasteiger charge is 2.25. The van der Waals surface area contributed by atoms with Gasteiger partial charge in [-0.3, -0.25) is 4.99 Å². The zero-order chi connectivity index (χ0) is 15.9. The lowest BCUT2D eigenvalue weighted by Crippen LogP contribution is -2.49. The highest BCUT2D eigenvalue weighted by atomic mass is 127. The molecule has 1 saturated heterocycles. The first kappa shape index (κ1) is 20.6. The number of thioether (sulfide) groups is 1. The number of aryl methyl sites for hydroxylation is 1. The van der Waals surface area contributed by atoms with E-state index in [1.54, 1.807) is 0 Å². The molecule has 4 nitrogen and oxygen atoms in total. The van der Waals surface area contributed by atoms with E-state index in [9.17, 15) is 0 Å². The fraction of sp³-hybridized carbons (Fsp3) is 0.588. The molecule has 23 heavy (non-hydrogen) atoms. The molecule has 1 aromatic carbocycles. The minimum absolute atomic E-state index is 0. The lowest BCUT2D eigenvalue weighted by atomic mass is 10.0. The Morgan fingerprint density at radius 1 is 1.48 bits per heavy atom. The second kappa shape index (κ2) is 10.4. The second-order valence-electron chi connectivity index (χ2n) is 5.64. The molecular weight excluding hydrogens is 421 g/mol. The molecular formula is C17H28IN3OS. The zero-order valence-corrected chi connectivity index (χ0v) is 17.6. The van der Waals surface area contributed by atoms with E-state index in [0.29, 0.717) is 5.25 Å². The van der Waals surface area contributed by atoms with Gasteiger partial charge in [-0.15, -0.1) is 24.0 Å². The Morgan fingerprint density at radius 3 is 2.87 bits per heavy atom. The van der Waals surface area contributed by atoms with E-state index < -0.39 is 0 Å². The summed E-state index contributed by atoms with van der Waals surface area (Å²) in [5, 5.41) is 4.05. The van der Waals surface area contributed by atoms with Gasteiger partial charge in [0.1, 0.15) is 6.10 Å². The molecule has 0 aromatic heterocycles. The molecule has 1 aromatic rings. The van der Waals surface area contributed by atoms with Crippen molar-refractivity contribution in [2.45, 2.75) is 25.2 Å². The Balaban J connectivity index is 0.00000264. The van der Waals surface area contributed by atoms with Crippen LogP contribution in [0.3, 0.4) is 0 Å². The van der Waals surface area contributed by atoms with E-state index in [0.717, 1.165) is 32.2 Å². The summed E-state index contributed by atoms with van der Waals surface area (Å²) in [6, 6.07) is 8.46. The number of benzene rings is 1. The number of hydrogen-bond acceptors (Lipinski definition) is 3. The summed E-state index contributed by atoms with van der Waals surface area (Å²) in [6.07, 6.45) is 2.25. The number of rotatable bonds is 4. The van der Waals surface area contributed by atoms with E-state index in [1.807, 2.05) is 18.8 Å². The van der Waals surface area contributed by atoms with Gasteiger partial charge in [0.2, 0.25) is 0 Å². The Hall–Kier alpha value is -0.470. The Bertz CT molecular complexity index is 512. The summed E-state index contributed by atoms with van der Waals surface area (Å²) in [4.78, 5) is 6.73. The van der Waals surface area contributed by atoms with Crippen LogP contribution in [0.1, 0.15) is 24.2 Å². The van der Waals surface area contributed by atoms with Crippen molar-refractivity contribution < 1.29 is 4.74 Å². The van der Waals surface area contributed by atoms with E-state index in [-0.39, 0.29) is 30.1 Å². The van der Waals surface area contributed by atoms with Crippen molar-refractivity contribution in [1.82, 2.24) is 10.2 Å². The van der Waals surface area contributed by atoms with Crippen molar-refractivity contribution in [1.29, 1.82) is 0 Å². The van der Waals surface area contributed by atoms with Crippen LogP contribution in [0, 0.1) is 6.92 Å². The fourth-order valence-electron chi connectivity index (χ4n) is 2.63. The van der Waals surface area contributed by atoms with Crippen LogP contribution < -0.4 is 5.32 Å². The van der Waals surface area contributed by atoms with Gasteiger partial charge in [0.15, 0.2) is 5.96 Å². The van der Waals surface area contributed by atoms with Gasteiger partial charge in [-0.05, 0) is 24.3 Å². The lowest BCUT2D eigenvalue weighted by Gasteiger charge is -2.36. The number of morpholine rings is 1. The molecule has 2 atom stereocenters. The molecule has 0 amide bonds. The predicted octanol–water partition coefficient (Wildman–Crippen LogP) is 3.31. The van der Waals surface area contributed by atoms with Gasteiger partial charge in [0.25, 0.3) is 0 Å². The molecule has 0 bridgehead atoms. The number of hydrogen-bond donors (Lipinski definition) is 1. The average molecular weight is 449 g/mol. The van der Waals surface area contributed by atoms with Crippen molar-refractivity contribution in [2.24, 2.45) is 4.99 Å². The molecule has 2 rings (SSSR count). The van der Waals surface area contributed by atoms with Crippen LogP contribution in [0.25, 0.3) is 0 Å². The van der Waals surface area contributed by atoms with Gasteiger partial charge in [-0.25, -0.2) is 0 Å². The summed E-state index contributed by atoms with van der Waals surface area (Å²) in [6.45, 7) is 7.76. The monoisotopic (exact) mass is 449 g/mol. The van der Waals surface area contributed by atoms with Crippen LogP contribution in [0.2, 0.25) is 0 Å². The highest BCUT2D eigenvalue weighted by Crippen LogP contribution is 2.24. The maximum atomic E-state index is 5.99. The molecule has 6 heteroatoms. The minimum atomic E-state index is 0. The normalized spacial score (nSPS) is 19.9. The van der Waals surface area contributed by atoms with E-state index in [2.05, 4.69) is 59.6 Å². The quantitative estimate of drug-likeness (QED) is 0.435. The number of ether oxygens (including phenoxy) is 1. The van der Waals surface area contributed by atoms with Crippen LogP contribution in [0.4, 0.5) is 0 Å². The standard InChI is InChI=1S/C17H27N3OS.HI/c1-13-7-5-6-8-15(13)16-12-20(9-10-21-16)17(18-3)19-11-14(2)22-4;/h5-8,14,16H,9-12H2,1-4H3,(H,18,19);1H. The van der Waals surface area contributed by atoms with Crippen LogP contribution in [0.15, 0.2) is 29.3 Å². The maximum absolute atomic E-state index is 5.99. The Labute approximate surface area is 161 Å². The topological polar surface area (TPSA) is 36.9 Å². The first-order valence-corrected chi connectivity index (χ1v) is 9.10. The van der Waals surface area contributed by atoms with Gasteiger partial charge >= 0.3 is 0 Å². The van der Waals surface area contributed by atoms with Gasteiger partial charge in [0.05, 0.1) is 13.2 Å². The zero-order valence-electron chi connectivity index (χ0n) is 14.4. The van der Waals surface area contributed by atoms with Gasteiger partial charge < -0.3 is 15.0 Å². The molecule has 1 N–H and O–H groups in total. The molecule has 0 spiro atoms. The molecule has 1 fully saturated rings. The van der Waals surface area contributed by atoms with Crippen molar-refractivity contribution in [3.8, 4) is 0 Å². The summed E-state index contributed by atoms with van der Waals surface area (Å²) < 4.78 is 5.99. The van der Waals surface area contributed by atoms with E-state index >= 15 is 0 Å². The summed E-state index contributed by atoms with van der Waals surface area (Å²) >= 11 is 1.86. The third-order valence-electron chi connectivity index (χ3n) is 4.06. The molecule has 0 aliphatic carbocycles. The molecule has 0 radical (unpaired) electrons. The third-order valence-corrected chi connectivity index (χ3v) is 5.03. The molecule has 2 unspecified atom stereocenters. The number of halogens is 1. The largest absolute Gasteiger partial charge is 0.370 e. The van der Waals surface area contributed by atoms with Gasteiger partial charge in [-0.1, -0.05) is 31.2 Å². The van der Waals surface area contributed by atoms with Crippen molar-refractivity contribution in [3.05, 3.63) is 35.4 Å². The summed E-state index contributed by atoms with van der Waals surface area (Å²) in [5.41, 5.74) is 2.56. The predicted molar refractivity (Wildman–Crippen MR) is 111 cm³/mol. The van der Waals surface area contributed by atoms with Crippen LogP contribution >= 0.6 is 35.7 Å². The molecule has 1 heterocycles. The van der Waals surface area contributed by atoms with Gasteiger partial charge in [-0.2, -0.15) is 11.8 Å². The van der Waals surface area contributed by atoms with Crippen LogP contribution in [0.5, 0.6) is 0 Å². The number of nitrogens with one attached hydrogen (secondary N) is 1. The molecule has 1 aliphatic heterocycles. The number of aliphatic imine (C=N–C) groups is 1. The molecule has 0 saturated carbocycles. The van der Waals surface area contributed by atoms with Crippen LogP contribution in [-0.4, -0.2) is 55.7 Å². The highest BCUT2D eigenvalue weighted by molar-refractivity contribution is 14.0. The maximum Gasteiger partial charge on any atom is 0.193 e. The van der Waals surface area contributed by atoms with Crippen LogP contribution in [-0.2, 0) is 4.74 Å². The van der Waals surface area contributed by atoms with E-state index in [1.165, 1.54) is 11.1 Å². The first-order valence-electron chi connectivity index (χ1n) is 7.81. The van der Waals surface area contributed by atoms with Crippen molar-refractivity contribution in [2.75, 3.05) is 39.5 Å². The summed E-state index contributed by atoms with van der Waals surface area (Å²) in [7, 11) is 1.85. The first-order chi connectivity index (χ1) is 10.7. The number of nitrogens with zero attached hydrogens (tertiary/aromatic N) is 2. The lowest BCUT2D eigenvalue weighted by molar-refractivity contribution is -0.00829. The Morgan fingerprint density at radius 2 is 2.22 bits per heavy atom. The average Bonchev–Trinajstić information content (AvgIpc) is 2.56. The minimum Gasteiger partial charge on any atom is -0.370 e. The Kier molecular flexibility index (Phi) is 9.31. The smallest absolute Gasteiger partial charge is 0.193 e. The molecule has 130 valence electrons. The fourth-order valence-corrected chi connectivity index (χ4v) is 2.88. The SMILES string of the molecule is CN=C(NCC(C)SC)N1CCOC(c2ccccc2C)C1.I. The second-order valence-corrected chi connectivity index (χ2v) is 6.91. The summed E-state index contributed by atoms with van der Waals surface area (Å²) in [5.74, 6) is 0.975. The number of guanidine groups is 1. The van der Waals surface area contributed by atoms with Gasteiger partial charge in [0, 0.05) is 25.4 Å². The van der Waals surface area contributed by atoms with Crippen molar-refractivity contribution in [3.63, 3.8) is 0 Å². The van der Waals surface area contributed by atoms with Crippen molar-refractivity contribution >= 4 is 41.7 Å². The van der Waals surface area contributed by atoms with E-state index in [4.69, 9.17) is 4.74 Å².